The average molecular weight is 1200 g/mol. The fourth-order valence-electron chi connectivity index (χ4n) is 4.62. The van der Waals surface area contributed by atoms with E-state index in [1.54, 1.807) is 0 Å². The van der Waals surface area contributed by atoms with E-state index in [0.717, 1.165) is 0 Å². The van der Waals surface area contributed by atoms with Gasteiger partial charge in [0.15, 0.2) is 0 Å². The van der Waals surface area contributed by atoms with Crippen molar-refractivity contribution in [2.24, 2.45) is 13.5 Å². The molecule has 0 N–H and O–H groups in total. The molecule has 0 spiro atoms. The van der Waals surface area contributed by atoms with Crippen molar-refractivity contribution in [1.82, 2.24) is 0 Å². The minimum Gasteiger partial charge on any atom is -0.306 e. The molecule has 0 aromatic heterocycles. The Balaban J connectivity index is 4.41. The van der Waals surface area contributed by atoms with E-state index in [-0.39, 0.29) is 0 Å². The molecule has 0 bridgehead atoms. The Hall–Kier alpha value is -1.65. The highest BCUT2D eigenvalue weighted by Gasteiger charge is 2.61. The Morgan fingerprint density at radius 1 is 0.208 bits per heavy atom. The Bertz CT molecular complexity index is 1540. The first-order chi connectivity index (χ1) is 31.9. The van der Waals surface area contributed by atoms with Gasteiger partial charge in [0.25, 0.3) is 0 Å². The van der Waals surface area contributed by atoms with Gasteiger partial charge in [0.05, 0.1) is 39.6 Å². The van der Waals surface area contributed by atoms with E-state index in [4.69, 9.17) is 27.1 Å². The zero-order valence-corrected chi connectivity index (χ0v) is 37.9. The van der Waals surface area contributed by atoms with Crippen molar-refractivity contribution in [1.29, 1.82) is 0 Å². The Labute approximate surface area is 385 Å². The molecule has 432 valence electrons. The van der Waals surface area contributed by atoms with E-state index in [2.05, 4.69) is 13.5 Å². The zero-order valence-electron chi connectivity index (χ0n) is 35.2. The summed E-state index contributed by atoms with van der Waals surface area (Å²) in [6, 6.07) is 0. The van der Waals surface area contributed by atoms with Crippen molar-refractivity contribution >= 4 is 23.0 Å². The molecule has 0 saturated heterocycles. The van der Waals surface area contributed by atoms with Crippen molar-refractivity contribution in [2.45, 2.75) is 150 Å². The molecule has 72 heavy (non-hydrogen) atoms. The van der Waals surface area contributed by atoms with Crippen LogP contribution < -0.4 is 0 Å². The molecule has 0 aromatic carbocycles. The lowest BCUT2D eigenvalue weighted by Gasteiger charge is -2.34. The monoisotopic (exact) mass is 1200 g/mol. The van der Waals surface area contributed by atoms with Crippen LogP contribution in [0.1, 0.15) is 77.0 Å². The van der Waals surface area contributed by atoms with Crippen molar-refractivity contribution in [3.63, 3.8) is 0 Å². The third-order valence-corrected chi connectivity index (χ3v) is 17.1. The van der Waals surface area contributed by atoms with Crippen molar-refractivity contribution < 1.29 is 159 Å². The van der Waals surface area contributed by atoms with Gasteiger partial charge in [-0.1, -0.05) is 0 Å². The first kappa shape index (κ1) is 68.4. The smallest absolute Gasteiger partial charge is 0.306 e. The maximum absolute atomic E-state index is 13.8. The molecule has 1 rings (SSSR count). The second-order valence-corrected chi connectivity index (χ2v) is 21.2. The summed E-state index contributed by atoms with van der Waals surface area (Å²) < 4.78 is 439. The lowest BCUT2D eigenvalue weighted by atomic mass is 10.2. The van der Waals surface area contributed by atoms with Gasteiger partial charge in [-0.05, 0) is 38.5 Å². The van der Waals surface area contributed by atoms with Crippen LogP contribution in [0.2, 0.25) is 0 Å². The summed E-state index contributed by atoms with van der Waals surface area (Å²) in [4.78, 5) is 0. The summed E-state index contributed by atoms with van der Waals surface area (Å²) in [5, 5.41) is 0. The maximum atomic E-state index is 13.8. The second kappa shape index (κ2) is 24.3. The number of hydrogen-bond acceptors (Lipinski definition) is 9. The van der Waals surface area contributed by atoms with Crippen LogP contribution in [-0.4, -0.2) is 112 Å². The number of nitrogens with zero attached hydrogens (tertiary/aromatic N) is 3. The summed E-state index contributed by atoms with van der Waals surface area (Å²) >= 11 is 0. The molecule has 0 atom stereocenters. The van der Waals surface area contributed by atoms with Crippen LogP contribution in [0.5, 0.6) is 0 Å². The molecule has 1 aliphatic rings. The summed E-state index contributed by atoms with van der Waals surface area (Å²) in [5.74, 6) is -34.1. The van der Waals surface area contributed by atoms with Crippen molar-refractivity contribution in [3.8, 4) is 0 Å². The van der Waals surface area contributed by atoms with Gasteiger partial charge >= 0.3 is 95.6 Å². The topological polar surface area (TPSA) is 92.5 Å². The average Bonchev–Trinajstić information content (AvgIpc) is 3.16. The first-order valence-corrected chi connectivity index (χ1v) is 23.9. The normalized spacial score (nSPS) is 17.9. The summed E-state index contributed by atoms with van der Waals surface area (Å²) in [5.41, 5.74) is 0. The van der Waals surface area contributed by atoms with Gasteiger partial charge in [0, 0.05) is 38.5 Å². The van der Waals surface area contributed by atoms with Crippen LogP contribution in [0.4, 0.5) is 132 Å². The molecule has 1 aliphatic heterocycles. The molecule has 42 heteroatoms. The largest absolute Gasteiger partial charge is 0.453 e. The fraction of sp³-hybridized carbons (Fsp3) is 1.00. The molecular weight excluding hydrogens is 1160 g/mol. The number of alkyl halides is 30. The molecular formula is C30H36F30N3O6P3. The first-order valence-electron chi connectivity index (χ1n) is 19.3. The lowest BCUT2D eigenvalue weighted by Crippen LogP contribution is -2.36. The summed E-state index contributed by atoms with van der Waals surface area (Å²) in [6.45, 7) is -10.7. The van der Waals surface area contributed by atoms with Crippen LogP contribution in [-0.2, 0) is 27.1 Å². The quantitative estimate of drug-likeness (QED) is 0.0404. The molecule has 0 radical (unpaired) electrons. The van der Waals surface area contributed by atoms with Crippen molar-refractivity contribution in [2.75, 3.05) is 39.6 Å². The molecule has 0 amide bonds. The van der Waals surface area contributed by atoms with E-state index in [0.29, 0.717) is 0 Å². The van der Waals surface area contributed by atoms with Crippen LogP contribution in [0.15, 0.2) is 13.5 Å². The Morgan fingerprint density at radius 2 is 0.319 bits per heavy atom. The van der Waals surface area contributed by atoms with E-state index in [9.17, 15) is 132 Å². The number of rotatable bonds is 30. The van der Waals surface area contributed by atoms with E-state index in [1.807, 2.05) is 0 Å². The molecule has 0 saturated carbocycles. The van der Waals surface area contributed by atoms with E-state index < -0.39 is 212 Å². The summed E-state index contributed by atoms with van der Waals surface area (Å²) in [7, 11) is -17.8. The predicted octanol–water partition coefficient (Wildman–Crippen LogP) is 17.8. The standard InChI is InChI=1S/C30H36F30N3O6P3/c31-19(32,25(43,44)45)7-1-13-64-70(65-14-2-8-20(33,34)26(46,47)48)61-71(66-15-3-9-21(35,36)27(49,50)51,67-16-4-10-22(37,38)28(52,53)54)63-72(62-70,68-17-5-11-23(39,40)29(55,56)57)69-18-6-12-24(41,42)30(58,59)60/h1-18H2. The van der Waals surface area contributed by atoms with Gasteiger partial charge in [-0.2, -0.15) is 132 Å². The lowest BCUT2D eigenvalue weighted by molar-refractivity contribution is -0.285. The van der Waals surface area contributed by atoms with Gasteiger partial charge in [-0.15, -0.1) is 13.5 Å². The zero-order chi connectivity index (χ0) is 56.6. The van der Waals surface area contributed by atoms with Gasteiger partial charge < -0.3 is 27.1 Å². The number of halogens is 30. The van der Waals surface area contributed by atoms with E-state index >= 15 is 0 Å². The minimum absolute atomic E-state index is 1.68. The van der Waals surface area contributed by atoms with Gasteiger partial charge in [-0.3, -0.25) is 0 Å². The third kappa shape index (κ3) is 20.1. The molecule has 0 aliphatic carbocycles. The fourth-order valence-corrected chi connectivity index (χ4v) is 14.3. The minimum atomic E-state index is -6.37. The molecule has 0 aromatic rings. The Kier molecular flexibility index (Phi) is 23.1. The molecule has 0 fully saturated rings. The second-order valence-electron chi connectivity index (χ2n) is 14.6. The maximum Gasteiger partial charge on any atom is 0.453 e. The van der Waals surface area contributed by atoms with Gasteiger partial charge in [0.1, 0.15) is 0 Å². The number of hydrogen-bond donors (Lipinski definition) is 0. The predicted molar refractivity (Wildman–Crippen MR) is 185 cm³/mol. The highest BCUT2D eigenvalue weighted by Crippen LogP contribution is 2.81. The van der Waals surface area contributed by atoms with Crippen molar-refractivity contribution in [3.05, 3.63) is 0 Å². The molecule has 9 nitrogen and oxygen atoms in total. The highest BCUT2D eigenvalue weighted by molar-refractivity contribution is 7.78. The van der Waals surface area contributed by atoms with Crippen LogP contribution in [0.3, 0.4) is 0 Å². The molecule has 0 unspecified atom stereocenters. The highest BCUT2D eigenvalue weighted by atomic mass is 31.3. The van der Waals surface area contributed by atoms with E-state index in [1.165, 1.54) is 0 Å². The van der Waals surface area contributed by atoms with Gasteiger partial charge in [0.2, 0.25) is 0 Å². The van der Waals surface area contributed by atoms with Crippen LogP contribution in [0.25, 0.3) is 0 Å². The van der Waals surface area contributed by atoms with Crippen LogP contribution in [0, 0.1) is 0 Å². The van der Waals surface area contributed by atoms with Gasteiger partial charge in [-0.25, -0.2) is 0 Å². The Morgan fingerprint density at radius 3 is 0.417 bits per heavy atom. The summed E-state index contributed by atoms with van der Waals surface area (Å²) in [6.07, 6.45) is -62.5. The molecule has 1 heterocycles. The third-order valence-electron chi connectivity index (χ3n) is 8.53. The van der Waals surface area contributed by atoms with Crippen LogP contribution >= 0.6 is 23.0 Å². The SMILES string of the molecule is FC(F)(F)C(F)(F)CCCOP1(OCCCC(F)(F)C(F)(F)F)=NP(OCCCC(F)(F)C(F)(F)F)(OCCCC(F)(F)C(F)(F)F)=NP(OCCCC(F)(F)C(F)(F)F)(OCCCC(F)(F)C(F)(F)F)=N1.